The molecule has 4 rings (SSSR count). The fourth-order valence-corrected chi connectivity index (χ4v) is 5.69. The van der Waals surface area contributed by atoms with E-state index in [1.807, 2.05) is 9.80 Å². The Kier molecular flexibility index (Phi) is 5.63. The molecule has 0 unspecified atom stereocenters. The van der Waals surface area contributed by atoms with Crippen molar-refractivity contribution in [1.82, 2.24) is 20.1 Å². The third-order valence-corrected chi connectivity index (χ3v) is 6.74. The van der Waals surface area contributed by atoms with Gasteiger partial charge < -0.3 is 10.2 Å². The number of nitrogens with zero attached hydrogens (tertiary/aromatic N) is 4. The number of halogens is 3. The Morgan fingerprint density at radius 1 is 1.12 bits per heavy atom. The lowest BCUT2D eigenvalue weighted by molar-refractivity contribution is -0.138. The van der Waals surface area contributed by atoms with Crippen molar-refractivity contribution in [2.75, 3.05) is 37.7 Å². The van der Waals surface area contributed by atoms with E-state index in [0.29, 0.717) is 50.8 Å². The highest BCUT2D eigenvalue weighted by molar-refractivity contribution is 6.07. The van der Waals surface area contributed by atoms with Gasteiger partial charge in [0.1, 0.15) is 11.4 Å². The average Bonchev–Trinajstić information content (AvgIpc) is 2.89. The zero-order valence-electron chi connectivity index (χ0n) is 18.7. The highest BCUT2D eigenvalue weighted by Gasteiger charge is 2.56. The molecule has 32 heavy (non-hydrogen) atoms. The number of imide groups is 1. The molecule has 2 saturated heterocycles. The number of carbonyl (C=O) groups excluding carboxylic acids is 2. The molecule has 3 heterocycles. The van der Waals surface area contributed by atoms with Crippen LogP contribution in [0.25, 0.3) is 0 Å². The van der Waals surface area contributed by atoms with Gasteiger partial charge in [0, 0.05) is 32.4 Å². The summed E-state index contributed by atoms with van der Waals surface area (Å²) in [7, 11) is 0. The second-order valence-corrected chi connectivity index (χ2v) is 10.2. The van der Waals surface area contributed by atoms with E-state index in [-0.39, 0.29) is 24.0 Å². The van der Waals surface area contributed by atoms with E-state index < -0.39 is 17.3 Å². The summed E-state index contributed by atoms with van der Waals surface area (Å²) in [5, 5.41) is 3.00. The summed E-state index contributed by atoms with van der Waals surface area (Å²) >= 11 is 0. The van der Waals surface area contributed by atoms with Crippen molar-refractivity contribution in [1.29, 1.82) is 0 Å². The van der Waals surface area contributed by atoms with Crippen molar-refractivity contribution in [3.63, 3.8) is 0 Å². The van der Waals surface area contributed by atoms with Gasteiger partial charge >= 0.3 is 12.2 Å². The fourth-order valence-electron chi connectivity index (χ4n) is 5.69. The summed E-state index contributed by atoms with van der Waals surface area (Å²) in [6.45, 7) is 8.88. The highest BCUT2D eigenvalue weighted by atomic mass is 19.4. The van der Waals surface area contributed by atoms with Gasteiger partial charge in [0.25, 0.3) is 5.91 Å². The number of urea groups is 1. The quantitative estimate of drug-likeness (QED) is 0.712. The Balaban J connectivity index is 1.36. The number of pyridine rings is 1. The van der Waals surface area contributed by atoms with Crippen molar-refractivity contribution < 1.29 is 22.8 Å². The molecular formula is C22H30F3N5O2. The molecule has 176 valence electrons. The van der Waals surface area contributed by atoms with E-state index in [0.717, 1.165) is 18.7 Å². The van der Waals surface area contributed by atoms with Gasteiger partial charge in [-0.15, -0.1) is 0 Å². The number of hydrogen-bond acceptors (Lipinski definition) is 5. The van der Waals surface area contributed by atoms with Crippen LogP contribution in [0.2, 0.25) is 0 Å². The van der Waals surface area contributed by atoms with Crippen molar-refractivity contribution in [3.05, 3.63) is 23.9 Å². The Morgan fingerprint density at radius 2 is 1.81 bits per heavy atom. The van der Waals surface area contributed by atoms with Crippen LogP contribution in [0.15, 0.2) is 18.3 Å². The lowest BCUT2D eigenvalue weighted by Crippen LogP contribution is -2.55. The first-order chi connectivity index (χ1) is 14.9. The van der Waals surface area contributed by atoms with Crippen LogP contribution in [0.1, 0.15) is 45.6 Å². The highest BCUT2D eigenvalue weighted by Crippen LogP contribution is 2.46. The van der Waals surface area contributed by atoms with Crippen molar-refractivity contribution in [3.8, 4) is 0 Å². The molecule has 0 radical (unpaired) electrons. The topological polar surface area (TPSA) is 68.8 Å². The van der Waals surface area contributed by atoms with Gasteiger partial charge in [-0.25, -0.2) is 14.7 Å². The number of anilines is 1. The molecule has 0 bridgehead atoms. The molecule has 1 spiro atoms. The molecule has 1 aromatic heterocycles. The maximum atomic E-state index is 13.3. The molecule has 3 amide bonds. The van der Waals surface area contributed by atoms with Crippen LogP contribution in [0, 0.1) is 11.3 Å². The van der Waals surface area contributed by atoms with E-state index >= 15 is 0 Å². The zero-order valence-corrected chi connectivity index (χ0v) is 18.7. The molecule has 0 aromatic carbocycles. The van der Waals surface area contributed by atoms with Gasteiger partial charge in [0.05, 0.1) is 12.2 Å². The number of aromatic nitrogens is 1. The number of alkyl halides is 3. The molecule has 3 fully saturated rings. The molecule has 1 saturated carbocycles. The molecule has 1 N–H and O–H groups in total. The second-order valence-electron chi connectivity index (χ2n) is 10.2. The lowest BCUT2D eigenvalue weighted by Gasteiger charge is -2.44. The van der Waals surface area contributed by atoms with Crippen LogP contribution >= 0.6 is 0 Å². The number of piperazine rings is 1. The summed E-state index contributed by atoms with van der Waals surface area (Å²) in [4.78, 5) is 35.2. The number of hydrogen-bond donors (Lipinski definition) is 1. The summed E-state index contributed by atoms with van der Waals surface area (Å²) in [6.07, 6.45) is -1.24. The van der Waals surface area contributed by atoms with E-state index in [4.69, 9.17) is 0 Å². The number of carbonyl (C=O) groups is 2. The SMILES string of the molecule is C[C@@H]1CC(C)(C)C[C@]2(C1)NC(=O)N(CN1CCN(c3ccc(C(F)(F)F)cn3)CC1)C2=O. The third-order valence-electron chi connectivity index (χ3n) is 6.74. The van der Waals surface area contributed by atoms with Crippen LogP contribution in [0.3, 0.4) is 0 Å². The van der Waals surface area contributed by atoms with Gasteiger partial charge in [-0.1, -0.05) is 20.8 Å². The van der Waals surface area contributed by atoms with Gasteiger partial charge in [-0.05, 0) is 42.7 Å². The van der Waals surface area contributed by atoms with Gasteiger partial charge in [0.2, 0.25) is 0 Å². The first-order valence-corrected chi connectivity index (χ1v) is 11.0. The zero-order chi connectivity index (χ0) is 23.3. The minimum Gasteiger partial charge on any atom is -0.354 e. The van der Waals surface area contributed by atoms with Crippen LogP contribution in [0.4, 0.5) is 23.8 Å². The maximum Gasteiger partial charge on any atom is 0.417 e. The maximum absolute atomic E-state index is 13.3. The molecule has 3 aliphatic rings. The summed E-state index contributed by atoms with van der Waals surface area (Å²) in [5.74, 6) is 0.696. The van der Waals surface area contributed by atoms with E-state index in [2.05, 4.69) is 31.1 Å². The number of rotatable bonds is 3. The number of amides is 3. The predicted molar refractivity (Wildman–Crippen MR) is 113 cm³/mol. The van der Waals surface area contributed by atoms with E-state index in [1.54, 1.807) is 0 Å². The second kappa shape index (κ2) is 7.90. The molecule has 10 heteroatoms. The van der Waals surface area contributed by atoms with Gasteiger partial charge in [0.15, 0.2) is 0 Å². The summed E-state index contributed by atoms with van der Waals surface area (Å²) in [5.41, 5.74) is -1.60. The monoisotopic (exact) mass is 453 g/mol. The summed E-state index contributed by atoms with van der Waals surface area (Å²) < 4.78 is 38.2. The van der Waals surface area contributed by atoms with Crippen molar-refractivity contribution in [2.24, 2.45) is 11.3 Å². The predicted octanol–water partition coefficient (Wildman–Crippen LogP) is 3.32. The minimum absolute atomic E-state index is 0.0170. The Bertz CT molecular complexity index is 881. The Labute approximate surface area is 185 Å². The molecule has 2 aliphatic heterocycles. The normalized spacial score (nSPS) is 29.0. The van der Waals surface area contributed by atoms with Crippen molar-refractivity contribution >= 4 is 17.8 Å². The largest absolute Gasteiger partial charge is 0.417 e. The summed E-state index contributed by atoms with van der Waals surface area (Å²) in [6, 6.07) is 2.08. The van der Waals surface area contributed by atoms with Crippen molar-refractivity contribution in [2.45, 2.75) is 51.7 Å². The number of nitrogens with one attached hydrogen (secondary N) is 1. The van der Waals surface area contributed by atoms with E-state index in [9.17, 15) is 22.8 Å². The average molecular weight is 454 g/mol. The van der Waals surface area contributed by atoms with Crippen LogP contribution in [0.5, 0.6) is 0 Å². The Morgan fingerprint density at radius 3 is 2.38 bits per heavy atom. The fraction of sp³-hybridized carbons (Fsp3) is 0.682. The van der Waals surface area contributed by atoms with Crippen LogP contribution in [-0.2, 0) is 11.0 Å². The first kappa shape index (κ1) is 22.8. The standard InChI is InChI=1S/C22H30F3N5O2/c1-15-10-20(2,3)13-21(11-15)18(31)30(19(32)27-21)14-28-6-8-29(9-7-28)17-5-4-16(12-26-17)22(23,24)25/h4-5,12,15H,6-11,13-14H2,1-3H3,(H,27,32)/t15-,21+/m1/s1. The lowest BCUT2D eigenvalue weighted by atomic mass is 9.64. The van der Waals surface area contributed by atoms with Gasteiger partial charge in [-0.3, -0.25) is 9.69 Å². The molecule has 2 atom stereocenters. The third kappa shape index (κ3) is 4.42. The molecule has 7 nitrogen and oxygen atoms in total. The van der Waals surface area contributed by atoms with Crippen LogP contribution in [-0.4, -0.2) is 65.1 Å². The van der Waals surface area contributed by atoms with Crippen LogP contribution < -0.4 is 10.2 Å². The van der Waals surface area contributed by atoms with E-state index in [1.165, 1.54) is 11.0 Å². The molecular weight excluding hydrogens is 423 g/mol. The first-order valence-electron chi connectivity index (χ1n) is 11.0. The minimum atomic E-state index is -4.41. The molecule has 1 aliphatic carbocycles. The smallest absolute Gasteiger partial charge is 0.354 e. The Hall–Kier alpha value is -2.36. The van der Waals surface area contributed by atoms with Gasteiger partial charge in [-0.2, -0.15) is 13.2 Å². The molecule has 1 aromatic rings.